The minimum absolute atomic E-state index is 0.234. The number of anilines is 3. The van der Waals surface area contributed by atoms with E-state index in [9.17, 15) is 5.11 Å². The molecule has 3 N–H and O–H groups in total. The highest BCUT2D eigenvalue weighted by atomic mass is 16.3. The molecule has 2 aromatic heterocycles. The van der Waals surface area contributed by atoms with Crippen LogP contribution in [-0.2, 0) is 0 Å². The Bertz CT molecular complexity index is 976. The molecule has 1 aromatic carbocycles. The standard InChI is InChI=1S/C21H28N6O/c1-5-9-22-16-14-19(28)15(2)13-17(16)24-20-18-8-6-7-11-27(18)25-21(20)23-10-12-26(3)4/h6-9,11,13-14,24,28H,5,10,12H2,1-4H3,(H,23,25). The lowest BCUT2D eigenvalue weighted by Crippen LogP contribution is -2.21. The number of pyridine rings is 1. The van der Waals surface area contributed by atoms with Gasteiger partial charge in [-0.2, -0.15) is 0 Å². The van der Waals surface area contributed by atoms with Crippen molar-refractivity contribution in [2.24, 2.45) is 4.99 Å². The van der Waals surface area contributed by atoms with Crippen LogP contribution < -0.4 is 10.6 Å². The summed E-state index contributed by atoms with van der Waals surface area (Å²) in [7, 11) is 4.09. The third-order valence-electron chi connectivity index (χ3n) is 4.38. The van der Waals surface area contributed by atoms with Gasteiger partial charge in [-0.25, -0.2) is 4.52 Å². The van der Waals surface area contributed by atoms with Gasteiger partial charge in [0.15, 0.2) is 5.82 Å². The SMILES string of the molecule is CCC=Nc1cc(O)c(C)cc1Nc1c(NCCN(C)C)nn2ccccc12. The van der Waals surface area contributed by atoms with E-state index in [1.807, 2.05) is 69.1 Å². The smallest absolute Gasteiger partial charge is 0.173 e. The molecule has 0 aliphatic heterocycles. The van der Waals surface area contributed by atoms with Crippen LogP contribution in [0.5, 0.6) is 5.75 Å². The number of fused-ring (bicyclic) bond motifs is 1. The third-order valence-corrected chi connectivity index (χ3v) is 4.38. The minimum atomic E-state index is 0.234. The summed E-state index contributed by atoms with van der Waals surface area (Å²) in [5.74, 6) is 1.02. The molecular weight excluding hydrogens is 352 g/mol. The first-order valence-electron chi connectivity index (χ1n) is 9.48. The Labute approximate surface area is 165 Å². The lowest BCUT2D eigenvalue weighted by atomic mass is 10.1. The summed E-state index contributed by atoms with van der Waals surface area (Å²) in [6.07, 6.45) is 4.58. The van der Waals surface area contributed by atoms with Crippen molar-refractivity contribution in [1.82, 2.24) is 14.5 Å². The van der Waals surface area contributed by atoms with E-state index in [1.165, 1.54) is 0 Å². The van der Waals surface area contributed by atoms with E-state index in [0.29, 0.717) is 5.69 Å². The van der Waals surface area contributed by atoms with Crippen LogP contribution in [0.1, 0.15) is 18.9 Å². The zero-order valence-corrected chi connectivity index (χ0v) is 16.9. The molecule has 2 heterocycles. The number of phenols is 1. The Morgan fingerprint density at radius 1 is 1.29 bits per heavy atom. The van der Waals surface area contributed by atoms with Gasteiger partial charge < -0.3 is 20.6 Å². The lowest BCUT2D eigenvalue weighted by Gasteiger charge is -2.14. The van der Waals surface area contributed by atoms with Crippen molar-refractivity contribution in [3.63, 3.8) is 0 Å². The van der Waals surface area contributed by atoms with Gasteiger partial charge in [0.25, 0.3) is 0 Å². The zero-order valence-electron chi connectivity index (χ0n) is 16.9. The highest BCUT2D eigenvalue weighted by Gasteiger charge is 2.15. The Hall–Kier alpha value is -3.06. The van der Waals surface area contributed by atoms with E-state index < -0.39 is 0 Å². The Morgan fingerprint density at radius 3 is 2.86 bits per heavy atom. The summed E-state index contributed by atoms with van der Waals surface area (Å²) in [5.41, 5.74) is 4.16. The summed E-state index contributed by atoms with van der Waals surface area (Å²) >= 11 is 0. The molecule has 148 valence electrons. The number of aromatic nitrogens is 2. The topological polar surface area (TPSA) is 77.2 Å². The van der Waals surface area contributed by atoms with Crippen molar-refractivity contribution < 1.29 is 5.11 Å². The van der Waals surface area contributed by atoms with E-state index in [-0.39, 0.29) is 5.75 Å². The lowest BCUT2D eigenvalue weighted by molar-refractivity contribution is 0.425. The number of benzene rings is 1. The second-order valence-electron chi connectivity index (χ2n) is 6.98. The fraction of sp³-hybridized carbons (Fsp3) is 0.333. The molecule has 28 heavy (non-hydrogen) atoms. The average Bonchev–Trinajstić information content (AvgIpc) is 3.00. The van der Waals surface area contributed by atoms with Crippen LogP contribution in [0, 0.1) is 6.92 Å². The van der Waals surface area contributed by atoms with Crippen LogP contribution in [0.2, 0.25) is 0 Å². The van der Waals surface area contributed by atoms with E-state index in [0.717, 1.165) is 47.8 Å². The van der Waals surface area contributed by atoms with Crippen molar-refractivity contribution >= 4 is 34.6 Å². The number of phenolic OH excluding ortho intramolecular Hbond substituents is 1. The minimum Gasteiger partial charge on any atom is -0.508 e. The van der Waals surface area contributed by atoms with Crippen molar-refractivity contribution in [3.05, 3.63) is 42.1 Å². The first-order chi connectivity index (χ1) is 13.5. The Morgan fingerprint density at radius 2 is 2.11 bits per heavy atom. The summed E-state index contributed by atoms with van der Waals surface area (Å²) in [4.78, 5) is 6.62. The number of likely N-dealkylation sites (N-methyl/N-ethyl adjacent to an activating group) is 1. The number of rotatable bonds is 8. The highest BCUT2D eigenvalue weighted by molar-refractivity contribution is 5.90. The quantitative estimate of drug-likeness (QED) is 0.404. The van der Waals surface area contributed by atoms with E-state index in [2.05, 4.69) is 25.6 Å². The molecule has 0 spiro atoms. The number of hydrogen-bond donors (Lipinski definition) is 3. The van der Waals surface area contributed by atoms with Crippen LogP contribution in [0.3, 0.4) is 0 Å². The van der Waals surface area contributed by atoms with Gasteiger partial charge in [0.1, 0.15) is 11.4 Å². The Balaban J connectivity index is 2.01. The van der Waals surface area contributed by atoms with Crippen LogP contribution in [0.4, 0.5) is 22.9 Å². The predicted molar refractivity (Wildman–Crippen MR) is 117 cm³/mol. The molecule has 0 bridgehead atoms. The number of nitrogens with zero attached hydrogens (tertiary/aromatic N) is 4. The fourth-order valence-corrected chi connectivity index (χ4v) is 2.86. The van der Waals surface area contributed by atoms with E-state index in [4.69, 9.17) is 0 Å². The molecule has 7 nitrogen and oxygen atoms in total. The maximum absolute atomic E-state index is 10.1. The number of aryl methyl sites for hydroxylation is 1. The molecule has 3 aromatic rings. The molecule has 0 saturated carbocycles. The van der Waals surface area contributed by atoms with Gasteiger partial charge in [0.2, 0.25) is 0 Å². The molecule has 7 heteroatoms. The summed E-state index contributed by atoms with van der Waals surface area (Å²) in [6.45, 7) is 5.58. The predicted octanol–water partition coefficient (Wildman–Crippen LogP) is 4.18. The highest BCUT2D eigenvalue weighted by Crippen LogP contribution is 2.37. The molecule has 0 radical (unpaired) electrons. The van der Waals surface area contributed by atoms with Crippen LogP contribution in [-0.4, -0.2) is 53.0 Å². The van der Waals surface area contributed by atoms with Crippen molar-refractivity contribution in [2.45, 2.75) is 20.3 Å². The molecule has 0 amide bonds. The average molecular weight is 380 g/mol. The molecule has 0 aliphatic carbocycles. The first-order valence-corrected chi connectivity index (χ1v) is 9.48. The number of aliphatic imine (C=N–C) groups is 1. The van der Waals surface area contributed by atoms with Gasteiger partial charge >= 0.3 is 0 Å². The molecule has 3 rings (SSSR count). The second kappa shape index (κ2) is 8.75. The number of hydrogen-bond acceptors (Lipinski definition) is 6. The molecule has 0 unspecified atom stereocenters. The maximum Gasteiger partial charge on any atom is 0.173 e. The Kier molecular flexibility index (Phi) is 6.16. The van der Waals surface area contributed by atoms with E-state index >= 15 is 0 Å². The fourth-order valence-electron chi connectivity index (χ4n) is 2.86. The van der Waals surface area contributed by atoms with Gasteiger partial charge in [-0.05, 0) is 51.2 Å². The molecule has 0 aliphatic rings. The normalized spacial score (nSPS) is 11.6. The first kappa shape index (κ1) is 19.7. The van der Waals surface area contributed by atoms with Gasteiger partial charge in [0.05, 0.1) is 16.9 Å². The van der Waals surface area contributed by atoms with Gasteiger partial charge in [0, 0.05) is 31.6 Å². The monoisotopic (exact) mass is 380 g/mol. The maximum atomic E-state index is 10.1. The summed E-state index contributed by atoms with van der Waals surface area (Å²) < 4.78 is 1.85. The van der Waals surface area contributed by atoms with Gasteiger partial charge in [-0.3, -0.25) is 4.99 Å². The second-order valence-corrected chi connectivity index (χ2v) is 6.98. The summed E-state index contributed by atoms with van der Waals surface area (Å²) in [5, 5.41) is 21.7. The number of nitrogens with one attached hydrogen (secondary N) is 2. The molecule has 0 saturated heterocycles. The largest absolute Gasteiger partial charge is 0.508 e. The number of aromatic hydroxyl groups is 1. The molecule has 0 atom stereocenters. The van der Waals surface area contributed by atoms with E-state index in [1.54, 1.807) is 6.07 Å². The van der Waals surface area contributed by atoms with Crippen molar-refractivity contribution in [1.29, 1.82) is 0 Å². The van der Waals surface area contributed by atoms with Crippen LogP contribution >= 0.6 is 0 Å². The zero-order chi connectivity index (χ0) is 20.1. The molecular formula is C21H28N6O. The van der Waals surface area contributed by atoms with Gasteiger partial charge in [-0.15, -0.1) is 5.10 Å². The van der Waals surface area contributed by atoms with Crippen molar-refractivity contribution in [3.8, 4) is 5.75 Å². The van der Waals surface area contributed by atoms with Gasteiger partial charge in [-0.1, -0.05) is 13.0 Å². The van der Waals surface area contributed by atoms with Crippen LogP contribution in [0.25, 0.3) is 5.52 Å². The van der Waals surface area contributed by atoms with Crippen molar-refractivity contribution in [2.75, 3.05) is 37.8 Å². The molecule has 0 fully saturated rings. The third kappa shape index (κ3) is 4.43. The summed E-state index contributed by atoms with van der Waals surface area (Å²) in [6, 6.07) is 9.57. The van der Waals surface area contributed by atoms with Crippen LogP contribution in [0.15, 0.2) is 41.5 Å².